The lowest BCUT2D eigenvalue weighted by Gasteiger charge is -2.44. The Labute approximate surface area is 184 Å². The molecule has 1 atom stereocenters. The summed E-state index contributed by atoms with van der Waals surface area (Å²) in [4.78, 5) is 10.9. The van der Waals surface area contributed by atoms with Crippen LogP contribution >= 0.6 is 0 Å². The average Bonchev–Trinajstić information content (AvgIpc) is 2.84. The Balaban J connectivity index is 1.77. The maximum Gasteiger partial charge on any atom is 0.270 e. The molecule has 0 aromatic heterocycles. The first-order chi connectivity index (χ1) is 15.6. The molecule has 1 aliphatic heterocycles. The summed E-state index contributed by atoms with van der Waals surface area (Å²) in [5, 5.41) is 25.3. The van der Waals surface area contributed by atoms with Gasteiger partial charge in [-0.2, -0.15) is 0 Å². The summed E-state index contributed by atoms with van der Waals surface area (Å²) in [6.07, 6.45) is -0.829. The number of hydrogen-bond acceptors (Lipinski definition) is 5. The van der Waals surface area contributed by atoms with Crippen LogP contribution in [0.1, 0.15) is 28.5 Å². The SMILES string of the molecule is O=[N+]([O-])c1ccc(O)c([C@H]2Nc3ccccc3C(c3ccccc3)(c3ccccc3)O2)c1. The van der Waals surface area contributed by atoms with Crippen molar-refractivity contribution in [3.63, 3.8) is 0 Å². The number of nitro benzene ring substituents is 1. The molecule has 1 aliphatic rings. The Hall–Kier alpha value is -4.16. The van der Waals surface area contributed by atoms with Crippen molar-refractivity contribution >= 4 is 11.4 Å². The molecule has 0 aliphatic carbocycles. The molecule has 4 aromatic carbocycles. The first-order valence-corrected chi connectivity index (χ1v) is 10.2. The summed E-state index contributed by atoms with van der Waals surface area (Å²) in [5.74, 6) is -0.0810. The van der Waals surface area contributed by atoms with Crippen molar-refractivity contribution in [1.29, 1.82) is 0 Å². The van der Waals surface area contributed by atoms with Gasteiger partial charge in [-0.3, -0.25) is 10.1 Å². The Kier molecular flexibility index (Phi) is 4.84. The van der Waals surface area contributed by atoms with Crippen LogP contribution in [0.5, 0.6) is 5.75 Å². The van der Waals surface area contributed by atoms with E-state index >= 15 is 0 Å². The number of benzene rings is 4. The number of phenolic OH excluding ortho intramolecular Hbond substituents is 1. The average molecular weight is 424 g/mol. The van der Waals surface area contributed by atoms with E-state index in [1.54, 1.807) is 0 Å². The van der Waals surface area contributed by atoms with Crippen LogP contribution in [0.15, 0.2) is 103 Å². The van der Waals surface area contributed by atoms with Crippen LogP contribution in [0.3, 0.4) is 0 Å². The summed E-state index contributed by atoms with van der Waals surface area (Å²) in [7, 11) is 0. The van der Waals surface area contributed by atoms with Crippen LogP contribution in [0.2, 0.25) is 0 Å². The van der Waals surface area contributed by atoms with Crippen molar-refractivity contribution in [2.75, 3.05) is 5.32 Å². The van der Waals surface area contributed by atoms with Crippen molar-refractivity contribution in [3.05, 3.63) is 135 Å². The smallest absolute Gasteiger partial charge is 0.270 e. The molecule has 0 radical (unpaired) electrons. The van der Waals surface area contributed by atoms with Gasteiger partial charge in [0.1, 0.15) is 11.4 Å². The van der Waals surface area contributed by atoms with E-state index in [0.717, 1.165) is 22.4 Å². The molecular formula is C26H20N2O4. The number of anilines is 1. The molecule has 0 unspecified atom stereocenters. The van der Waals surface area contributed by atoms with Gasteiger partial charge in [0, 0.05) is 28.9 Å². The molecule has 6 heteroatoms. The summed E-state index contributed by atoms with van der Waals surface area (Å²) < 4.78 is 6.78. The molecule has 158 valence electrons. The van der Waals surface area contributed by atoms with E-state index in [0.29, 0.717) is 5.56 Å². The van der Waals surface area contributed by atoms with Crippen molar-refractivity contribution in [3.8, 4) is 5.75 Å². The normalized spacial score (nSPS) is 16.6. The first-order valence-electron chi connectivity index (χ1n) is 10.2. The van der Waals surface area contributed by atoms with Crippen LogP contribution in [0, 0.1) is 10.1 Å². The molecule has 0 saturated carbocycles. The number of fused-ring (bicyclic) bond motifs is 1. The molecule has 5 rings (SSSR count). The molecule has 0 bridgehead atoms. The summed E-state index contributed by atoms with van der Waals surface area (Å²) in [5.41, 5.74) is 2.75. The minimum absolute atomic E-state index is 0.0810. The van der Waals surface area contributed by atoms with Crippen molar-refractivity contribution < 1.29 is 14.8 Å². The van der Waals surface area contributed by atoms with E-state index in [1.165, 1.54) is 18.2 Å². The number of phenols is 1. The molecule has 2 N–H and O–H groups in total. The molecule has 0 spiro atoms. The number of para-hydroxylation sites is 1. The lowest BCUT2D eigenvalue weighted by molar-refractivity contribution is -0.385. The third-order valence-electron chi connectivity index (χ3n) is 5.75. The highest BCUT2D eigenvalue weighted by Gasteiger charge is 2.45. The first kappa shape index (κ1) is 19.8. The third kappa shape index (κ3) is 3.18. The minimum Gasteiger partial charge on any atom is -0.507 e. The quantitative estimate of drug-likeness (QED) is 0.323. The van der Waals surface area contributed by atoms with Gasteiger partial charge in [0.2, 0.25) is 0 Å². The molecule has 0 fully saturated rings. The number of hydrogen-bond donors (Lipinski definition) is 2. The van der Waals surface area contributed by atoms with Gasteiger partial charge < -0.3 is 15.2 Å². The number of non-ortho nitro benzene ring substituents is 1. The van der Waals surface area contributed by atoms with Crippen LogP contribution in [0.4, 0.5) is 11.4 Å². The van der Waals surface area contributed by atoms with Gasteiger partial charge in [0.25, 0.3) is 5.69 Å². The van der Waals surface area contributed by atoms with Crippen LogP contribution < -0.4 is 5.32 Å². The highest BCUT2D eigenvalue weighted by Crippen LogP contribution is 2.51. The van der Waals surface area contributed by atoms with Crippen molar-refractivity contribution in [1.82, 2.24) is 0 Å². The zero-order valence-electron chi connectivity index (χ0n) is 17.0. The minimum atomic E-state index is -0.994. The van der Waals surface area contributed by atoms with E-state index in [9.17, 15) is 15.2 Å². The topological polar surface area (TPSA) is 84.6 Å². The van der Waals surface area contributed by atoms with Gasteiger partial charge in [-0.25, -0.2) is 0 Å². The zero-order valence-corrected chi connectivity index (χ0v) is 17.0. The van der Waals surface area contributed by atoms with Gasteiger partial charge in [-0.05, 0) is 23.3 Å². The number of rotatable bonds is 4. The van der Waals surface area contributed by atoms with Crippen LogP contribution in [-0.2, 0) is 10.3 Å². The van der Waals surface area contributed by atoms with Gasteiger partial charge in [-0.1, -0.05) is 78.9 Å². The molecule has 4 aromatic rings. The standard InChI is InChI=1S/C26H20N2O4/c29-24-16-15-20(28(30)31)17-21(24)25-27-23-14-8-7-13-22(23)26(32-25,18-9-3-1-4-10-18)19-11-5-2-6-12-19/h1-17,25,27,29H/t25-/m0/s1. The maximum atomic E-state index is 11.4. The second-order valence-electron chi connectivity index (χ2n) is 7.60. The summed E-state index contributed by atoms with van der Waals surface area (Å²) >= 11 is 0. The van der Waals surface area contributed by atoms with Gasteiger partial charge in [-0.15, -0.1) is 0 Å². The predicted molar refractivity (Wildman–Crippen MR) is 121 cm³/mol. The lowest BCUT2D eigenvalue weighted by Crippen LogP contribution is -2.40. The Morgan fingerprint density at radius 2 is 1.44 bits per heavy atom. The highest BCUT2D eigenvalue weighted by atomic mass is 16.6. The lowest BCUT2D eigenvalue weighted by atomic mass is 9.78. The summed E-state index contributed by atoms with van der Waals surface area (Å²) in [6, 6.07) is 31.5. The fourth-order valence-electron chi connectivity index (χ4n) is 4.29. The second-order valence-corrected chi connectivity index (χ2v) is 7.60. The number of aromatic hydroxyl groups is 1. The zero-order chi connectivity index (χ0) is 22.1. The number of nitro groups is 1. The van der Waals surface area contributed by atoms with Crippen LogP contribution in [0.25, 0.3) is 0 Å². The Morgan fingerprint density at radius 1 is 0.844 bits per heavy atom. The van der Waals surface area contributed by atoms with E-state index < -0.39 is 16.8 Å². The van der Waals surface area contributed by atoms with Crippen LogP contribution in [-0.4, -0.2) is 10.0 Å². The molecule has 6 nitrogen and oxygen atoms in total. The number of ether oxygens (including phenoxy) is 1. The Bertz CT molecular complexity index is 1240. The van der Waals surface area contributed by atoms with E-state index in [2.05, 4.69) is 5.32 Å². The van der Waals surface area contributed by atoms with E-state index in [4.69, 9.17) is 4.74 Å². The van der Waals surface area contributed by atoms with Gasteiger partial charge in [0.15, 0.2) is 6.23 Å². The Morgan fingerprint density at radius 3 is 2.06 bits per heavy atom. The largest absolute Gasteiger partial charge is 0.507 e. The van der Waals surface area contributed by atoms with Gasteiger partial charge >= 0.3 is 0 Å². The van der Waals surface area contributed by atoms with Crippen molar-refractivity contribution in [2.45, 2.75) is 11.8 Å². The van der Waals surface area contributed by atoms with E-state index in [-0.39, 0.29) is 11.4 Å². The predicted octanol–water partition coefficient (Wildman–Crippen LogP) is 5.73. The number of nitrogens with zero attached hydrogens (tertiary/aromatic N) is 1. The molecular weight excluding hydrogens is 404 g/mol. The second kappa shape index (κ2) is 7.83. The fourth-order valence-corrected chi connectivity index (χ4v) is 4.29. The highest BCUT2D eigenvalue weighted by molar-refractivity contribution is 5.64. The van der Waals surface area contributed by atoms with Gasteiger partial charge in [0.05, 0.1) is 4.92 Å². The number of nitrogens with one attached hydrogen (secondary N) is 1. The van der Waals surface area contributed by atoms with E-state index in [1.807, 2.05) is 84.9 Å². The molecule has 32 heavy (non-hydrogen) atoms. The molecule has 1 heterocycles. The van der Waals surface area contributed by atoms with Crippen molar-refractivity contribution in [2.24, 2.45) is 0 Å². The monoisotopic (exact) mass is 424 g/mol. The molecule has 0 amide bonds. The summed E-state index contributed by atoms with van der Waals surface area (Å²) in [6.45, 7) is 0. The third-order valence-corrected chi connectivity index (χ3v) is 5.75. The maximum absolute atomic E-state index is 11.4. The molecule has 0 saturated heterocycles. The fraction of sp³-hybridized carbons (Fsp3) is 0.0769.